The van der Waals surface area contributed by atoms with Crippen molar-refractivity contribution in [2.75, 3.05) is 19.7 Å². The van der Waals surface area contributed by atoms with E-state index in [1.165, 1.54) is 4.90 Å². The summed E-state index contributed by atoms with van der Waals surface area (Å²) in [5, 5.41) is 19.1. The fraction of sp³-hybridized carbons (Fsp3) is 0.833. The molecule has 1 fully saturated rings. The van der Waals surface area contributed by atoms with Crippen LogP contribution in [-0.2, 0) is 9.90 Å². The van der Waals surface area contributed by atoms with Crippen molar-refractivity contribution >= 4 is 5.91 Å². The Labute approximate surface area is 59.1 Å². The van der Waals surface area contributed by atoms with Gasteiger partial charge in [-0.1, -0.05) is 0 Å². The normalized spacial score (nSPS) is 22.1. The number of hydrogen-bond acceptors (Lipinski definition) is 2. The van der Waals surface area contributed by atoms with Gasteiger partial charge in [-0.05, 0) is 6.92 Å². The van der Waals surface area contributed by atoms with Gasteiger partial charge in [0, 0.05) is 0 Å². The van der Waals surface area contributed by atoms with Crippen LogP contribution in [0.5, 0.6) is 0 Å². The molecule has 0 aromatic carbocycles. The molecule has 0 unspecified atom stereocenters. The molecular weight excluding hydrogens is 134 g/mol. The molecule has 0 aromatic rings. The molecule has 57 valence electrons. The van der Waals surface area contributed by atoms with Gasteiger partial charge in [-0.15, -0.1) is 0 Å². The summed E-state index contributed by atoms with van der Waals surface area (Å²) in [5.41, 5.74) is -0.759. The molecular formula is C6H10NO3. The van der Waals surface area contributed by atoms with Crippen LogP contribution in [0.1, 0.15) is 6.92 Å². The van der Waals surface area contributed by atoms with Crippen LogP contribution in [0.2, 0.25) is 0 Å². The van der Waals surface area contributed by atoms with E-state index in [-0.39, 0.29) is 0 Å². The third-order valence-electron chi connectivity index (χ3n) is 1.54. The van der Waals surface area contributed by atoms with Crippen LogP contribution in [0.3, 0.4) is 0 Å². The lowest BCUT2D eigenvalue weighted by Crippen LogP contribution is -2.62. The standard InChI is InChI=1S/C6H10NO3/c1-6(10)3-7(4-6)5(9)2-8/h10H,2-4H2,1H3. The molecule has 1 amide bonds. The summed E-state index contributed by atoms with van der Waals surface area (Å²) in [6.45, 7) is 1.53. The van der Waals surface area contributed by atoms with Gasteiger partial charge in [-0.2, -0.15) is 0 Å². The number of nitrogens with zero attached hydrogens (tertiary/aromatic N) is 1. The molecule has 1 radical (unpaired) electrons. The molecule has 0 saturated carbocycles. The first-order valence-corrected chi connectivity index (χ1v) is 3.13. The molecule has 0 spiro atoms. The van der Waals surface area contributed by atoms with Crippen LogP contribution in [0.25, 0.3) is 0 Å². The first kappa shape index (κ1) is 7.50. The van der Waals surface area contributed by atoms with Crippen LogP contribution in [0, 0.1) is 0 Å². The number of aliphatic hydroxyl groups is 1. The number of rotatable bonds is 1. The zero-order chi connectivity index (χ0) is 7.78. The Bertz CT molecular complexity index is 147. The second-order valence-electron chi connectivity index (χ2n) is 2.89. The third kappa shape index (κ3) is 1.27. The van der Waals surface area contributed by atoms with Crippen molar-refractivity contribution in [2.24, 2.45) is 0 Å². The average Bonchev–Trinajstić information content (AvgIpc) is 1.81. The quantitative estimate of drug-likeness (QED) is 0.513. The summed E-state index contributed by atoms with van der Waals surface area (Å²) < 4.78 is 0. The Balaban J connectivity index is 2.33. The lowest BCUT2D eigenvalue weighted by molar-refractivity contribution is -0.156. The van der Waals surface area contributed by atoms with Crippen molar-refractivity contribution < 1.29 is 15.0 Å². The number of β-amino-alcohol motifs (C(OH)–C–C–N with tert-alkyl or cyclic N) is 1. The van der Waals surface area contributed by atoms with E-state index in [4.69, 9.17) is 5.11 Å². The first-order valence-electron chi connectivity index (χ1n) is 3.13. The van der Waals surface area contributed by atoms with E-state index in [0.29, 0.717) is 13.1 Å². The van der Waals surface area contributed by atoms with Gasteiger partial charge in [0.25, 0.3) is 5.91 Å². The Morgan fingerprint density at radius 1 is 1.70 bits per heavy atom. The third-order valence-corrected chi connectivity index (χ3v) is 1.54. The van der Waals surface area contributed by atoms with E-state index in [1.807, 2.05) is 0 Å². The second-order valence-corrected chi connectivity index (χ2v) is 2.89. The van der Waals surface area contributed by atoms with E-state index in [9.17, 15) is 9.90 Å². The molecule has 1 N–H and O–H groups in total. The molecule has 0 atom stereocenters. The summed E-state index contributed by atoms with van der Waals surface area (Å²) in [5.74, 6) is -0.425. The molecule has 0 aliphatic carbocycles. The van der Waals surface area contributed by atoms with Crippen LogP contribution in [0.4, 0.5) is 0 Å². The number of amides is 1. The van der Waals surface area contributed by atoms with Crippen LogP contribution in [0.15, 0.2) is 0 Å². The number of carbonyl (C=O) groups is 1. The average molecular weight is 144 g/mol. The molecule has 1 heterocycles. The van der Waals surface area contributed by atoms with Gasteiger partial charge < -0.3 is 10.0 Å². The minimum absolute atomic E-state index is 0.300. The monoisotopic (exact) mass is 144 g/mol. The molecule has 1 aliphatic heterocycles. The Hall–Kier alpha value is -0.610. The number of carbonyl (C=O) groups excluding carboxylic acids is 1. The zero-order valence-electron chi connectivity index (χ0n) is 5.83. The maximum atomic E-state index is 10.6. The van der Waals surface area contributed by atoms with Crippen molar-refractivity contribution in [2.45, 2.75) is 12.5 Å². The minimum Gasteiger partial charge on any atom is -0.386 e. The van der Waals surface area contributed by atoms with E-state index >= 15 is 0 Å². The maximum Gasteiger partial charge on any atom is 0.252 e. The molecule has 1 rings (SSSR count). The lowest BCUT2D eigenvalue weighted by Gasteiger charge is -2.43. The van der Waals surface area contributed by atoms with Gasteiger partial charge in [0.2, 0.25) is 0 Å². The molecule has 1 aliphatic rings. The second kappa shape index (κ2) is 2.21. The van der Waals surface area contributed by atoms with E-state index in [0.717, 1.165) is 0 Å². The van der Waals surface area contributed by atoms with Crippen molar-refractivity contribution in [3.8, 4) is 0 Å². The summed E-state index contributed by atoms with van der Waals surface area (Å²) >= 11 is 0. The van der Waals surface area contributed by atoms with Crippen molar-refractivity contribution in [1.29, 1.82) is 0 Å². The summed E-state index contributed by atoms with van der Waals surface area (Å²) in [4.78, 5) is 11.9. The van der Waals surface area contributed by atoms with Gasteiger partial charge >= 0.3 is 0 Å². The molecule has 1 saturated heterocycles. The lowest BCUT2D eigenvalue weighted by atomic mass is 9.97. The Morgan fingerprint density at radius 3 is 2.50 bits per heavy atom. The topological polar surface area (TPSA) is 60.4 Å². The smallest absolute Gasteiger partial charge is 0.252 e. The molecule has 0 bridgehead atoms. The van der Waals surface area contributed by atoms with Crippen LogP contribution in [-0.4, -0.2) is 41.2 Å². The maximum absolute atomic E-state index is 10.6. The highest BCUT2D eigenvalue weighted by atomic mass is 16.3. The fourth-order valence-corrected chi connectivity index (χ4v) is 1.04. The summed E-state index contributed by atoms with van der Waals surface area (Å²) in [6, 6.07) is 0. The predicted octanol–water partition coefficient (Wildman–Crippen LogP) is -0.990. The van der Waals surface area contributed by atoms with Gasteiger partial charge in [0.15, 0.2) is 6.61 Å². The van der Waals surface area contributed by atoms with Crippen LogP contribution < -0.4 is 0 Å². The largest absolute Gasteiger partial charge is 0.386 e. The molecule has 10 heavy (non-hydrogen) atoms. The zero-order valence-corrected chi connectivity index (χ0v) is 5.83. The van der Waals surface area contributed by atoms with Crippen molar-refractivity contribution in [3.63, 3.8) is 0 Å². The minimum atomic E-state index is -0.759. The number of likely N-dealkylation sites (tertiary alicyclic amines) is 1. The van der Waals surface area contributed by atoms with Gasteiger partial charge in [-0.25, -0.2) is 5.11 Å². The SMILES string of the molecule is CC1(O)CN(C(=O)C[O])C1. The van der Waals surface area contributed by atoms with E-state index < -0.39 is 18.1 Å². The summed E-state index contributed by atoms with van der Waals surface area (Å²) in [7, 11) is 0. The van der Waals surface area contributed by atoms with Gasteiger partial charge in [0.1, 0.15) is 0 Å². The predicted molar refractivity (Wildman–Crippen MR) is 32.8 cm³/mol. The fourth-order valence-electron chi connectivity index (χ4n) is 1.04. The van der Waals surface area contributed by atoms with E-state index in [1.54, 1.807) is 6.92 Å². The van der Waals surface area contributed by atoms with Crippen molar-refractivity contribution in [1.82, 2.24) is 4.90 Å². The Kier molecular flexibility index (Phi) is 1.66. The molecule has 0 aromatic heterocycles. The number of hydrogen-bond donors (Lipinski definition) is 1. The highest BCUT2D eigenvalue weighted by Gasteiger charge is 2.38. The molecule has 4 heteroatoms. The van der Waals surface area contributed by atoms with Crippen LogP contribution >= 0.6 is 0 Å². The first-order chi connectivity index (χ1) is 4.55. The molecule has 4 nitrogen and oxygen atoms in total. The summed E-state index contributed by atoms with van der Waals surface area (Å²) in [6.07, 6.45) is 0. The highest BCUT2D eigenvalue weighted by Crippen LogP contribution is 2.18. The van der Waals surface area contributed by atoms with Gasteiger partial charge in [0.05, 0.1) is 18.7 Å². The highest BCUT2D eigenvalue weighted by molar-refractivity contribution is 5.78. The van der Waals surface area contributed by atoms with E-state index in [2.05, 4.69) is 0 Å². The Morgan fingerprint density at radius 2 is 2.20 bits per heavy atom. The van der Waals surface area contributed by atoms with Crippen molar-refractivity contribution in [3.05, 3.63) is 0 Å². The van der Waals surface area contributed by atoms with Gasteiger partial charge in [-0.3, -0.25) is 4.79 Å².